The van der Waals surface area contributed by atoms with Crippen LogP contribution >= 0.6 is 0 Å². The molecular weight excluding hydrogens is 326 g/mol. The Balaban J connectivity index is 1.85. The van der Waals surface area contributed by atoms with Crippen molar-refractivity contribution in [1.82, 2.24) is 4.90 Å². The molecule has 0 unspecified atom stereocenters. The predicted octanol–water partition coefficient (Wildman–Crippen LogP) is 3.95. The number of benzene rings is 1. The van der Waals surface area contributed by atoms with Crippen LogP contribution < -0.4 is 0 Å². The van der Waals surface area contributed by atoms with Gasteiger partial charge in [-0.3, -0.25) is 0 Å². The van der Waals surface area contributed by atoms with Crippen molar-refractivity contribution in [2.75, 3.05) is 13.2 Å². The summed E-state index contributed by atoms with van der Waals surface area (Å²) in [6, 6.07) is 9.88. The van der Waals surface area contributed by atoms with E-state index in [0.717, 1.165) is 11.1 Å². The maximum atomic E-state index is 5.91. The Labute approximate surface area is 156 Å². The Hall–Kier alpha value is -2.30. The van der Waals surface area contributed by atoms with E-state index in [9.17, 15) is 0 Å². The Morgan fingerprint density at radius 1 is 1.00 bits per heavy atom. The normalized spacial score (nSPS) is 22.1. The first kappa shape index (κ1) is 18.5. The van der Waals surface area contributed by atoms with Gasteiger partial charge in [0.1, 0.15) is 13.2 Å². The van der Waals surface area contributed by atoms with Crippen LogP contribution in [-0.4, -0.2) is 42.2 Å². The topological polar surface area (TPSA) is 46.4 Å². The van der Waals surface area contributed by atoms with Crippen LogP contribution in [-0.2, 0) is 16.0 Å². The molecule has 2 aliphatic heterocycles. The van der Waals surface area contributed by atoms with Gasteiger partial charge in [0.2, 0.25) is 0 Å². The molecule has 1 aromatic carbocycles. The van der Waals surface area contributed by atoms with E-state index in [0.29, 0.717) is 43.6 Å². The number of aliphatic imine (C=N–C) groups is 2. The van der Waals surface area contributed by atoms with Crippen molar-refractivity contribution in [3.05, 3.63) is 42.0 Å². The molecule has 0 aliphatic carbocycles. The molecule has 3 rings (SSSR count). The Kier molecular flexibility index (Phi) is 5.64. The van der Waals surface area contributed by atoms with E-state index in [4.69, 9.17) is 19.5 Å². The highest BCUT2D eigenvalue weighted by molar-refractivity contribution is 5.94. The SMILES string of the molecule is C=Cc1ccc(CN(C2=N[C@H](C(C)C)CO2)C2=N[C@H](C(C)C)CO2)cc1. The van der Waals surface area contributed by atoms with Crippen molar-refractivity contribution in [2.45, 2.75) is 46.3 Å². The molecule has 5 nitrogen and oxygen atoms in total. The molecule has 5 heteroatoms. The fourth-order valence-electron chi connectivity index (χ4n) is 2.89. The summed E-state index contributed by atoms with van der Waals surface area (Å²) in [5.41, 5.74) is 2.25. The van der Waals surface area contributed by atoms with Gasteiger partial charge in [0, 0.05) is 0 Å². The molecule has 0 radical (unpaired) electrons. The summed E-state index contributed by atoms with van der Waals surface area (Å²) in [5, 5.41) is 0. The second kappa shape index (κ2) is 7.94. The summed E-state index contributed by atoms with van der Waals surface area (Å²) >= 11 is 0. The summed E-state index contributed by atoms with van der Waals surface area (Å²) in [4.78, 5) is 11.5. The van der Waals surface area contributed by atoms with Gasteiger partial charge >= 0.3 is 0 Å². The monoisotopic (exact) mass is 355 g/mol. The number of hydrogen-bond acceptors (Lipinski definition) is 5. The van der Waals surface area contributed by atoms with Gasteiger partial charge < -0.3 is 9.47 Å². The standard InChI is InChI=1S/C21H29N3O2/c1-6-16-7-9-17(10-8-16)11-24(20-22-18(12-25-20)14(2)3)21-23-19(13-26-21)15(4)5/h6-10,14-15,18-19H,1,11-13H2,2-5H3/t18-,19-/m0/s1. The first-order chi connectivity index (χ1) is 12.5. The highest BCUT2D eigenvalue weighted by Gasteiger charge is 2.33. The van der Waals surface area contributed by atoms with Crippen molar-refractivity contribution in [3.8, 4) is 0 Å². The molecule has 0 saturated heterocycles. The fraction of sp³-hybridized carbons (Fsp3) is 0.524. The van der Waals surface area contributed by atoms with Gasteiger partial charge in [-0.2, -0.15) is 0 Å². The summed E-state index contributed by atoms with van der Waals surface area (Å²) in [6.07, 6.45) is 1.84. The molecule has 0 saturated carbocycles. The highest BCUT2D eigenvalue weighted by atomic mass is 16.5. The van der Waals surface area contributed by atoms with Gasteiger partial charge in [0.15, 0.2) is 0 Å². The quantitative estimate of drug-likeness (QED) is 0.803. The lowest BCUT2D eigenvalue weighted by Crippen LogP contribution is -2.36. The molecule has 2 aliphatic rings. The van der Waals surface area contributed by atoms with Crippen LogP contribution in [0.4, 0.5) is 0 Å². The highest BCUT2D eigenvalue weighted by Crippen LogP contribution is 2.22. The van der Waals surface area contributed by atoms with Crippen molar-refractivity contribution in [2.24, 2.45) is 21.8 Å². The van der Waals surface area contributed by atoms with Crippen molar-refractivity contribution in [3.63, 3.8) is 0 Å². The number of amidine groups is 2. The second-order valence-corrected chi connectivity index (χ2v) is 7.60. The minimum Gasteiger partial charge on any atom is -0.463 e. The van der Waals surface area contributed by atoms with E-state index in [-0.39, 0.29) is 12.1 Å². The molecule has 0 amide bonds. The van der Waals surface area contributed by atoms with Gasteiger partial charge in [-0.1, -0.05) is 64.6 Å². The van der Waals surface area contributed by atoms with E-state index in [2.05, 4.69) is 58.5 Å². The maximum Gasteiger partial charge on any atom is 0.296 e. The van der Waals surface area contributed by atoms with Gasteiger partial charge in [-0.25, -0.2) is 14.9 Å². The average molecular weight is 355 g/mol. The van der Waals surface area contributed by atoms with Gasteiger partial charge in [0.25, 0.3) is 12.0 Å². The zero-order chi connectivity index (χ0) is 18.7. The van der Waals surface area contributed by atoms with Crippen LogP contribution in [0.25, 0.3) is 6.08 Å². The summed E-state index contributed by atoms with van der Waals surface area (Å²) in [7, 11) is 0. The molecule has 26 heavy (non-hydrogen) atoms. The molecule has 0 aromatic heterocycles. The van der Waals surface area contributed by atoms with E-state index in [1.807, 2.05) is 11.0 Å². The number of rotatable bonds is 5. The third kappa shape index (κ3) is 4.09. The molecule has 0 spiro atoms. The molecule has 2 atom stereocenters. The first-order valence-electron chi connectivity index (χ1n) is 9.38. The van der Waals surface area contributed by atoms with Crippen LogP contribution in [0.1, 0.15) is 38.8 Å². The lowest BCUT2D eigenvalue weighted by molar-refractivity contribution is 0.230. The van der Waals surface area contributed by atoms with Crippen LogP contribution in [0, 0.1) is 11.8 Å². The van der Waals surface area contributed by atoms with Crippen LogP contribution in [0.5, 0.6) is 0 Å². The summed E-state index contributed by atoms with van der Waals surface area (Å²) in [5.74, 6) is 0.882. The number of nitrogens with zero attached hydrogens (tertiary/aromatic N) is 3. The summed E-state index contributed by atoms with van der Waals surface area (Å²) in [6.45, 7) is 14.3. The van der Waals surface area contributed by atoms with E-state index in [1.165, 1.54) is 0 Å². The number of ether oxygens (including phenoxy) is 2. The van der Waals surface area contributed by atoms with Gasteiger partial charge in [-0.15, -0.1) is 0 Å². The lowest BCUT2D eigenvalue weighted by atomic mass is 10.1. The Morgan fingerprint density at radius 3 is 1.88 bits per heavy atom. The predicted molar refractivity (Wildman–Crippen MR) is 106 cm³/mol. The Bertz CT molecular complexity index is 658. The Morgan fingerprint density at radius 2 is 1.50 bits per heavy atom. The number of hydrogen-bond donors (Lipinski definition) is 0. The van der Waals surface area contributed by atoms with Gasteiger partial charge in [0.05, 0.1) is 18.6 Å². The third-order valence-electron chi connectivity index (χ3n) is 4.88. The molecule has 2 heterocycles. The third-order valence-corrected chi connectivity index (χ3v) is 4.88. The van der Waals surface area contributed by atoms with Crippen molar-refractivity contribution >= 4 is 18.1 Å². The first-order valence-corrected chi connectivity index (χ1v) is 9.38. The largest absolute Gasteiger partial charge is 0.463 e. The molecule has 0 N–H and O–H groups in total. The van der Waals surface area contributed by atoms with E-state index in [1.54, 1.807) is 0 Å². The molecule has 1 aromatic rings. The van der Waals surface area contributed by atoms with Crippen molar-refractivity contribution < 1.29 is 9.47 Å². The zero-order valence-corrected chi connectivity index (χ0v) is 16.2. The van der Waals surface area contributed by atoms with Crippen LogP contribution in [0.15, 0.2) is 40.8 Å². The van der Waals surface area contributed by atoms with E-state index < -0.39 is 0 Å². The average Bonchev–Trinajstić information content (AvgIpc) is 3.30. The van der Waals surface area contributed by atoms with Crippen LogP contribution in [0.2, 0.25) is 0 Å². The molecule has 0 fully saturated rings. The van der Waals surface area contributed by atoms with Gasteiger partial charge in [-0.05, 0) is 23.0 Å². The molecule has 0 bridgehead atoms. The molecule has 140 valence electrons. The summed E-state index contributed by atoms with van der Waals surface area (Å²) < 4.78 is 11.8. The molecular formula is C21H29N3O2. The smallest absolute Gasteiger partial charge is 0.296 e. The van der Waals surface area contributed by atoms with Crippen molar-refractivity contribution in [1.29, 1.82) is 0 Å². The second-order valence-electron chi connectivity index (χ2n) is 7.60. The van der Waals surface area contributed by atoms with E-state index >= 15 is 0 Å². The minimum atomic E-state index is 0.179. The zero-order valence-electron chi connectivity index (χ0n) is 16.2. The lowest BCUT2D eigenvalue weighted by Gasteiger charge is -2.22. The fourth-order valence-corrected chi connectivity index (χ4v) is 2.89. The maximum absolute atomic E-state index is 5.91. The van der Waals surface area contributed by atoms with Crippen LogP contribution in [0.3, 0.4) is 0 Å². The minimum absolute atomic E-state index is 0.179.